The van der Waals surface area contributed by atoms with Crippen LogP contribution < -0.4 is 10.6 Å². The van der Waals surface area contributed by atoms with E-state index >= 15 is 0 Å². The Morgan fingerprint density at radius 1 is 1.18 bits per heavy atom. The van der Waals surface area contributed by atoms with Gasteiger partial charge in [0.1, 0.15) is 18.1 Å². The summed E-state index contributed by atoms with van der Waals surface area (Å²) < 4.78 is 38.2. The maximum atomic E-state index is 12.7. The monoisotopic (exact) mass is 539 g/mol. The fraction of sp³-hybridized carbons (Fsp3) is 0.600. The highest BCUT2D eigenvalue weighted by Gasteiger charge is 2.31. The van der Waals surface area contributed by atoms with Crippen LogP contribution in [0.3, 0.4) is 0 Å². The number of pyridine rings is 1. The fourth-order valence-electron chi connectivity index (χ4n) is 4.11. The highest BCUT2D eigenvalue weighted by Crippen LogP contribution is 2.28. The molecule has 38 heavy (non-hydrogen) atoms. The van der Waals surface area contributed by atoms with E-state index in [2.05, 4.69) is 32.7 Å². The Labute approximate surface area is 220 Å². The third-order valence-electron chi connectivity index (χ3n) is 6.44. The van der Waals surface area contributed by atoms with Crippen LogP contribution in [-0.2, 0) is 23.8 Å². The molecule has 10 nitrogen and oxygen atoms in total. The lowest BCUT2D eigenvalue weighted by atomic mass is 10.1. The zero-order chi connectivity index (χ0) is 27.7. The summed E-state index contributed by atoms with van der Waals surface area (Å²) in [6.07, 6.45) is 0.696. The van der Waals surface area contributed by atoms with Crippen LogP contribution in [0.4, 0.5) is 24.9 Å². The summed E-state index contributed by atoms with van der Waals surface area (Å²) in [5.74, 6) is -0.403. The van der Waals surface area contributed by atoms with Gasteiger partial charge in [0.15, 0.2) is 0 Å². The quantitative estimate of drug-likeness (QED) is 0.210. The number of hydrogen-bond acceptors (Lipinski definition) is 9. The minimum atomic E-state index is -4.58. The minimum Gasteiger partial charge on any atom is -0.480 e. The van der Waals surface area contributed by atoms with E-state index < -0.39 is 30.0 Å². The molecule has 1 aliphatic rings. The van der Waals surface area contributed by atoms with Gasteiger partial charge in [-0.1, -0.05) is 6.07 Å². The van der Waals surface area contributed by atoms with E-state index in [0.717, 1.165) is 50.2 Å². The van der Waals surface area contributed by atoms with E-state index in [9.17, 15) is 28.2 Å². The van der Waals surface area contributed by atoms with Crippen LogP contribution >= 0.6 is 0 Å². The SMILES string of the molecule is CN(C)C(O)CN(CCCCc1ccc2c(n1)NCCC2)CCC(Nc1ncc(C(F)(F)F)cn1)C(=O)O. The van der Waals surface area contributed by atoms with Crippen molar-refractivity contribution < 1.29 is 28.2 Å². The number of unbranched alkanes of at least 4 members (excludes halogenated alkanes) is 1. The van der Waals surface area contributed by atoms with Crippen molar-refractivity contribution >= 4 is 17.7 Å². The Kier molecular flexibility index (Phi) is 10.6. The number of hydrogen-bond donors (Lipinski definition) is 4. The van der Waals surface area contributed by atoms with Gasteiger partial charge in [0, 0.05) is 37.7 Å². The maximum Gasteiger partial charge on any atom is 0.419 e. The molecular weight excluding hydrogens is 503 g/mol. The summed E-state index contributed by atoms with van der Waals surface area (Å²) in [6, 6.07) is 3.08. The summed E-state index contributed by atoms with van der Waals surface area (Å²) in [6.45, 7) is 2.23. The van der Waals surface area contributed by atoms with Crippen molar-refractivity contribution in [1.82, 2.24) is 24.8 Å². The van der Waals surface area contributed by atoms with Crippen LogP contribution in [-0.4, -0.2) is 93.5 Å². The number of carbonyl (C=O) groups is 1. The molecule has 0 bridgehead atoms. The van der Waals surface area contributed by atoms with Crippen molar-refractivity contribution in [1.29, 1.82) is 0 Å². The lowest BCUT2D eigenvalue weighted by Crippen LogP contribution is -2.43. The fourth-order valence-corrected chi connectivity index (χ4v) is 4.11. The van der Waals surface area contributed by atoms with Gasteiger partial charge < -0.3 is 20.8 Å². The average Bonchev–Trinajstić information content (AvgIpc) is 2.88. The molecule has 0 radical (unpaired) electrons. The Hall–Kier alpha value is -3.03. The third-order valence-corrected chi connectivity index (χ3v) is 6.44. The Morgan fingerprint density at radius 3 is 2.58 bits per heavy atom. The number of likely N-dealkylation sites (N-methyl/N-ethyl adjacent to an activating group) is 1. The van der Waals surface area contributed by atoms with Crippen molar-refractivity contribution in [3.05, 3.63) is 41.3 Å². The molecule has 2 aromatic heterocycles. The number of aliphatic hydroxyl groups is 1. The van der Waals surface area contributed by atoms with E-state index in [1.165, 1.54) is 5.56 Å². The van der Waals surface area contributed by atoms with Crippen LogP contribution in [0.1, 0.15) is 42.5 Å². The molecule has 0 spiro atoms. The molecule has 13 heteroatoms. The number of nitrogens with zero attached hydrogens (tertiary/aromatic N) is 5. The highest BCUT2D eigenvalue weighted by atomic mass is 19.4. The number of halogens is 3. The van der Waals surface area contributed by atoms with E-state index in [4.69, 9.17) is 4.98 Å². The average molecular weight is 540 g/mol. The second-order valence-electron chi connectivity index (χ2n) is 9.66. The number of carboxylic acids is 1. The van der Waals surface area contributed by atoms with Gasteiger partial charge >= 0.3 is 12.1 Å². The first-order chi connectivity index (χ1) is 18.0. The molecular formula is C25H36F3N7O3. The van der Waals surface area contributed by atoms with Crippen LogP contribution in [0.25, 0.3) is 0 Å². The largest absolute Gasteiger partial charge is 0.480 e. The first-order valence-electron chi connectivity index (χ1n) is 12.7. The second kappa shape index (κ2) is 13.7. The van der Waals surface area contributed by atoms with Crippen molar-refractivity contribution in [2.45, 2.75) is 57.0 Å². The Morgan fingerprint density at radius 2 is 1.92 bits per heavy atom. The van der Waals surface area contributed by atoms with Gasteiger partial charge in [-0.25, -0.2) is 19.7 Å². The smallest absolute Gasteiger partial charge is 0.419 e. The van der Waals surface area contributed by atoms with Gasteiger partial charge in [0.25, 0.3) is 0 Å². The molecule has 0 aliphatic carbocycles. The van der Waals surface area contributed by atoms with Gasteiger partial charge in [-0.05, 0) is 70.8 Å². The second-order valence-corrected chi connectivity index (χ2v) is 9.66. The first-order valence-corrected chi connectivity index (χ1v) is 12.7. The standard InChI is InChI=1S/C25H36F3N7O3/c1-34(2)21(36)16-35(12-4-3-7-19-9-8-17-6-5-11-29-22(17)32-19)13-10-20(23(37)38)33-24-30-14-18(15-31-24)25(26,27)28/h8-9,14-15,20-21,36H,3-7,10-13,16H2,1-2H3,(H,29,32)(H,37,38)(H,30,31,33). The molecule has 0 fully saturated rings. The molecule has 2 atom stereocenters. The van der Waals surface area contributed by atoms with Gasteiger partial charge in [0.2, 0.25) is 5.95 Å². The highest BCUT2D eigenvalue weighted by molar-refractivity contribution is 5.76. The summed E-state index contributed by atoms with van der Waals surface area (Å²) in [5, 5.41) is 25.9. The number of rotatable bonds is 14. The van der Waals surface area contributed by atoms with Gasteiger partial charge in [-0.15, -0.1) is 0 Å². The Balaban J connectivity index is 1.54. The number of nitrogens with one attached hydrogen (secondary N) is 2. The molecule has 210 valence electrons. The summed E-state index contributed by atoms with van der Waals surface area (Å²) in [5.41, 5.74) is 1.25. The number of aromatic nitrogens is 3. The van der Waals surface area contributed by atoms with Gasteiger partial charge in [-0.2, -0.15) is 13.2 Å². The number of aliphatic hydroxyl groups excluding tert-OH is 1. The molecule has 0 aromatic carbocycles. The molecule has 0 saturated carbocycles. The van der Waals surface area contributed by atoms with Crippen LogP contribution in [0.15, 0.2) is 24.5 Å². The van der Waals surface area contributed by atoms with Gasteiger partial charge in [0.05, 0.1) is 5.56 Å². The number of anilines is 2. The predicted octanol–water partition coefficient (Wildman–Crippen LogP) is 2.71. The number of fused-ring (bicyclic) bond motifs is 1. The summed E-state index contributed by atoms with van der Waals surface area (Å²) in [4.78, 5) is 27.4. The zero-order valence-electron chi connectivity index (χ0n) is 21.7. The molecule has 0 saturated heterocycles. The van der Waals surface area contributed by atoms with E-state index in [0.29, 0.717) is 32.0 Å². The molecule has 1 aliphatic heterocycles. The number of alkyl halides is 3. The summed E-state index contributed by atoms with van der Waals surface area (Å²) >= 11 is 0. The summed E-state index contributed by atoms with van der Waals surface area (Å²) in [7, 11) is 3.50. The van der Waals surface area contributed by atoms with Crippen LogP contribution in [0.2, 0.25) is 0 Å². The van der Waals surface area contributed by atoms with Crippen molar-refractivity contribution in [2.24, 2.45) is 0 Å². The van der Waals surface area contributed by atoms with E-state index in [-0.39, 0.29) is 12.4 Å². The lowest BCUT2D eigenvalue weighted by molar-refractivity contribution is -0.139. The van der Waals surface area contributed by atoms with Crippen LogP contribution in [0.5, 0.6) is 0 Å². The topological polar surface area (TPSA) is 127 Å². The third kappa shape index (κ3) is 9.07. The van der Waals surface area contributed by atoms with Gasteiger partial charge in [-0.3, -0.25) is 9.80 Å². The molecule has 3 rings (SSSR count). The molecule has 0 amide bonds. The first kappa shape index (κ1) is 29.5. The number of aliphatic carboxylic acids is 1. The Bertz CT molecular complexity index is 1040. The van der Waals surface area contributed by atoms with Crippen molar-refractivity contribution in [2.75, 3.05) is 50.9 Å². The van der Waals surface area contributed by atoms with E-state index in [1.807, 2.05) is 4.90 Å². The van der Waals surface area contributed by atoms with Crippen molar-refractivity contribution in [3.8, 4) is 0 Å². The lowest BCUT2D eigenvalue weighted by Gasteiger charge is -2.29. The zero-order valence-corrected chi connectivity index (χ0v) is 21.7. The maximum absolute atomic E-state index is 12.7. The normalized spacial score (nSPS) is 15.2. The molecule has 3 heterocycles. The number of aryl methyl sites for hydroxylation is 2. The van der Waals surface area contributed by atoms with Crippen LogP contribution in [0, 0.1) is 0 Å². The van der Waals surface area contributed by atoms with Crippen molar-refractivity contribution in [3.63, 3.8) is 0 Å². The molecule has 4 N–H and O–H groups in total. The minimum absolute atomic E-state index is 0.137. The predicted molar refractivity (Wildman–Crippen MR) is 137 cm³/mol. The molecule has 2 unspecified atom stereocenters. The number of carboxylic acid groups (broad SMARTS) is 1. The van der Waals surface area contributed by atoms with E-state index in [1.54, 1.807) is 19.0 Å². The molecule has 2 aromatic rings.